The van der Waals surface area contributed by atoms with Crippen molar-refractivity contribution < 1.29 is 14.3 Å². The SMILES string of the molecule is CCOc1cccc2sc(N(CC3CCCO3)C(=O)c3cccc(SC)c3)nc12. The number of para-hydroxylation sites is 1. The second-order valence-corrected chi connectivity index (χ2v) is 8.70. The number of hydrogen-bond donors (Lipinski definition) is 0. The van der Waals surface area contributed by atoms with Crippen LogP contribution in [0.1, 0.15) is 30.1 Å². The minimum atomic E-state index is -0.0478. The quantitative estimate of drug-likeness (QED) is 0.482. The van der Waals surface area contributed by atoms with E-state index in [-0.39, 0.29) is 12.0 Å². The number of amides is 1. The van der Waals surface area contributed by atoms with Crippen molar-refractivity contribution >= 4 is 44.4 Å². The van der Waals surface area contributed by atoms with E-state index in [1.54, 1.807) is 16.7 Å². The van der Waals surface area contributed by atoms with Gasteiger partial charge in [-0.1, -0.05) is 23.5 Å². The number of anilines is 1. The van der Waals surface area contributed by atoms with E-state index in [0.29, 0.717) is 23.8 Å². The topological polar surface area (TPSA) is 51.7 Å². The third-order valence-electron chi connectivity index (χ3n) is 4.87. The average Bonchev–Trinajstić information content (AvgIpc) is 3.42. The maximum atomic E-state index is 13.5. The van der Waals surface area contributed by atoms with Crippen LogP contribution in [-0.2, 0) is 4.74 Å². The molecule has 1 aliphatic rings. The third kappa shape index (κ3) is 4.42. The van der Waals surface area contributed by atoms with Crippen LogP contribution in [0.2, 0.25) is 0 Å². The largest absolute Gasteiger partial charge is 0.492 e. The maximum Gasteiger partial charge on any atom is 0.260 e. The number of carbonyl (C=O) groups is 1. The summed E-state index contributed by atoms with van der Waals surface area (Å²) < 4.78 is 12.6. The molecule has 152 valence electrons. The monoisotopic (exact) mass is 428 g/mol. The van der Waals surface area contributed by atoms with Crippen LogP contribution in [0.4, 0.5) is 5.13 Å². The summed E-state index contributed by atoms with van der Waals surface area (Å²) in [7, 11) is 0. The predicted octanol–water partition coefficient (Wildman–Crippen LogP) is 5.24. The highest BCUT2D eigenvalue weighted by Crippen LogP contribution is 2.35. The molecule has 3 aromatic rings. The van der Waals surface area contributed by atoms with Crippen molar-refractivity contribution in [2.75, 3.05) is 30.9 Å². The molecule has 0 spiro atoms. The highest BCUT2D eigenvalue weighted by molar-refractivity contribution is 7.98. The molecular weight excluding hydrogens is 404 g/mol. The Bertz CT molecular complexity index is 999. The van der Waals surface area contributed by atoms with Gasteiger partial charge in [-0.25, -0.2) is 4.98 Å². The maximum absolute atomic E-state index is 13.5. The van der Waals surface area contributed by atoms with Gasteiger partial charge in [0.2, 0.25) is 0 Å². The second-order valence-electron chi connectivity index (χ2n) is 6.82. The third-order valence-corrected chi connectivity index (χ3v) is 6.64. The Labute approximate surface area is 179 Å². The van der Waals surface area contributed by atoms with E-state index in [1.807, 2.05) is 55.6 Å². The Balaban J connectivity index is 1.72. The van der Waals surface area contributed by atoms with Crippen LogP contribution in [0.25, 0.3) is 10.2 Å². The first-order valence-corrected chi connectivity index (χ1v) is 11.8. The van der Waals surface area contributed by atoms with Gasteiger partial charge in [-0.15, -0.1) is 11.8 Å². The molecule has 5 nitrogen and oxygen atoms in total. The van der Waals surface area contributed by atoms with E-state index in [4.69, 9.17) is 14.5 Å². The summed E-state index contributed by atoms with van der Waals surface area (Å²) in [6.45, 7) is 3.79. The van der Waals surface area contributed by atoms with Gasteiger partial charge in [-0.05, 0) is 56.4 Å². The normalized spacial score (nSPS) is 16.3. The average molecular weight is 429 g/mol. The standard InChI is InChI=1S/C22H24N2O3S2/c1-3-26-18-10-5-11-19-20(18)23-22(29-19)24(14-16-8-6-12-27-16)21(25)15-7-4-9-17(13-15)28-2/h4-5,7,9-11,13,16H,3,6,8,12,14H2,1-2H3. The zero-order valence-electron chi connectivity index (χ0n) is 16.6. The van der Waals surface area contributed by atoms with Gasteiger partial charge in [0.05, 0.1) is 24.0 Å². The molecular formula is C22H24N2O3S2. The molecule has 7 heteroatoms. The van der Waals surface area contributed by atoms with Crippen LogP contribution in [0, 0.1) is 0 Å². The minimum Gasteiger partial charge on any atom is -0.492 e. The highest BCUT2D eigenvalue weighted by Gasteiger charge is 2.27. The van der Waals surface area contributed by atoms with Gasteiger partial charge < -0.3 is 9.47 Å². The van der Waals surface area contributed by atoms with Crippen LogP contribution in [0.3, 0.4) is 0 Å². The Morgan fingerprint density at radius 3 is 2.97 bits per heavy atom. The lowest BCUT2D eigenvalue weighted by Crippen LogP contribution is -2.37. The second kappa shape index (κ2) is 9.15. The lowest BCUT2D eigenvalue weighted by atomic mass is 10.2. The van der Waals surface area contributed by atoms with Crippen LogP contribution in [0.5, 0.6) is 5.75 Å². The van der Waals surface area contributed by atoms with E-state index >= 15 is 0 Å². The summed E-state index contributed by atoms with van der Waals surface area (Å²) in [6, 6.07) is 13.6. The smallest absolute Gasteiger partial charge is 0.260 e. The summed E-state index contributed by atoms with van der Waals surface area (Å²) in [4.78, 5) is 21.1. The van der Waals surface area contributed by atoms with Crippen molar-refractivity contribution in [2.24, 2.45) is 0 Å². The van der Waals surface area contributed by atoms with Gasteiger partial charge in [0.15, 0.2) is 5.13 Å². The first-order valence-electron chi connectivity index (χ1n) is 9.79. The fourth-order valence-electron chi connectivity index (χ4n) is 3.45. The number of rotatable bonds is 7. The van der Waals surface area contributed by atoms with Crippen LogP contribution >= 0.6 is 23.1 Å². The lowest BCUT2D eigenvalue weighted by Gasteiger charge is -2.23. The molecule has 1 fully saturated rings. The van der Waals surface area contributed by atoms with Gasteiger partial charge in [-0.3, -0.25) is 9.69 Å². The van der Waals surface area contributed by atoms with Crippen molar-refractivity contribution in [1.29, 1.82) is 0 Å². The molecule has 0 bridgehead atoms. The summed E-state index contributed by atoms with van der Waals surface area (Å²) in [5.74, 6) is 0.704. The van der Waals surface area contributed by atoms with E-state index in [0.717, 1.165) is 40.3 Å². The summed E-state index contributed by atoms with van der Waals surface area (Å²) in [5, 5.41) is 0.683. The molecule has 2 heterocycles. The molecule has 1 atom stereocenters. The Morgan fingerprint density at radius 1 is 1.34 bits per heavy atom. The van der Waals surface area contributed by atoms with E-state index in [9.17, 15) is 4.79 Å². The number of fused-ring (bicyclic) bond motifs is 1. The number of hydrogen-bond acceptors (Lipinski definition) is 6. The van der Waals surface area contributed by atoms with E-state index < -0.39 is 0 Å². The number of carbonyl (C=O) groups excluding carboxylic acids is 1. The minimum absolute atomic E-state index is 0.0426. The lowest BCUT2D eigenvalue weighted by molar-refractivity contribution is 0.0917. The van der Waals surface area contributed by atoms with Crippen LogP contribution < -0.4 is 9.64 Å². The Hall–Kier alpha value is -2.09. The van der Waals surface area contributed by atoms with Crippen molar-refractivity contribution in [3.05, 3.63) is 48.0 Å². The van der Waals surface area contributed by atoms with Gasteiger partial charge in [-0.2, -0.15) is 0 Å². The highest BCUT2D eigenvalue weighted by atomic mass is 32.2. The van der Waals surface area contributed by atoms with Crippen LogP contribution in [-0.4, -0.2) is 43.0 Å². The fourth-order valence-corrected chi connectivity index (χ4v) is 4.90. The molecule has 2 aromatic carbocycles. The first kappa shape index (κ1) is 20.2. The number of nitrogens with zero attached hydrogens (tertiary/aromatic N) is 2. The van der Waals surface area contributed by atoms with Gasteiger partial charge in [0, 0.05) is 17.1 Å². The van der Waals surface area contributed by atoms with E-state index in [2.05, 4.69) is 0 Å². The molecule has 4 rings (SSSR count). The van der Waals surface area contributed by atoms with E-state index in [1.165, 1.54) is 11.3 Å². The molecule has 0 saturated carbocycles. The molecule has 1 aliphatic heterocycles. The zero-order valence-corrected chi connectivity index (χ0v) is 18.2. The Morgan fingerprint density at radius 2 is 2.21 bits per heavy atom. The van der Waals surface area contributed by atoms with Crippen molar-refractivity contribution in [3.8, 4) is 5.75 Å². The first-order chi connectivity index (χ1) is 14.2. The molecule has 1 aromatic heterocycles. The molecule has 1 unspecified atom stereocenters. The molecule has 0 aliphatic carbocycles. The number of benzene rings is 2. The number of thioether (sulfide) groups is 1. The molecule has 0 radical (unpaired) electrons. The molecule has 1 amide bonds. The number of aromatic nitrogens is 1. The van der Waals surface area contributed by atoms with Crippen molar-refractivity contribution in [3.63, 3.8) is 0 Å². The summed E-state index contributed by atoms with van der Waals surface area (Å²) in [6.07, 6.45) is 4.05. The summed E-state index contributed by atoms with van der Waals surface area (Å²) >= 11 is 3.14. The predicted molar refractivity (Wildman–Crippen MR) is 120 cm³/mol. The van der Waals surface area contributed by atoms with Crippen LogP contribution in [0.15, 0.2) is 47.4 Å². The van der Waals surface area contributed by atoms with Crippen molar-refractivity contribution in [2.45, 2.75) is 30.8 Å². The molecule has 29 heavy (non-hydrogen) atoms. The number of thiazole rings is 1. The van der Waals surface area contributed by atoms with Gasteiger partial charge in [0.1, 0.15) is 11.3 Å². The zero-order chi connectivity index (χ0) is 20.2. The number of ether oxygens (including phenoxy) is 2. The van der Waals surface area contributed by atoms with Gasteiger partial charge >= 0.3 is 0 Å². The van der Waals surface area contributed by atoms with Crippen molar-refractivity contribution in [1.82, 2.24) is 4.98 Å². The van der Waals surface area contributed by atoms with Gasteiger partial charge in [0.25, 0.3) is 5.91 Å². The molecule has 0 N–H and O–H groups in total. The fraction of sp³-hybridized carbons (Fsp3) is 0.364. The summed E-state index contributed by atoms with van der Waals surface area (Å²) in [5.41, 5.74) is 1.47. The Kier molecular flexibility index (Phi) is 6.37. The molecule has 1 saturated heterocycles.